The van der Waals surface area contributed by atoms with Crippen molar-refractivity contribution in [3.05, 3.63) is 0 Å². The highest BCUT2D eigenvalue weighted by molar-refractivity contribution is 7.87. The van der Waals surface area contributed by atoms with Gasteiger partial charge < -0.3 is 5.11 Å². The van der Waals surface area contributed by atoms with Crippen LogP contribution in [0, 0.1) is 22.2 Å². The van der Waals surface area contributed by atoms with Gasteiger partial charge in [-0.1, -0.05) is 0 Å². The van der Waals surface area contributed by atoms with Gasteiger partial charge in [0.05, 0.1) is 6.10 Å². The predicted molar refractivity (Wildman–Crippen MR) is 110 cm³/mol. The molecule has 0 spiro atoms. The Kier molecular flexibility index (Phi) is 5.56. The van der Waals surface area contributed by atoms with Crippen molar-refractivity contribution >= 4 is 10.1 Å². The third-order valence-electron chi connectivity index (χ3n) is 10.9. The maximum Gasteiger partial charge on any atom is 0.523 e. The predicted octanol–water partition coefficient (Wildman–Crippen LogP) is 6.33. The molecule has 35 heavy (non-hydrogen) atoms. The van der Waals surface area contributed by atoms with Gasteiger partial charge in [-0.15, -0.1) is 0 Å². The molecule has 7 fully saturated rings. The van der Waals surface area contributed by atoms with Crippen molar-refractivity contribution in [2.45, 2.75) is 119 Å². The summed E-state index contributed by atoms with van der Waals surface area (Å²) in [5, 5.41) is 9.85. The summed E-state index contributed by atoms with van der Waals surface area (Å²) in [7, 11) is -6.48. The smallest absolute Gasteiger partial charge is 0.393 e. The van der Waals surface area contributed by atoms with Crippen LogP contribution >= 0.6 is 0 Å². The molecule has 12 heteroatoms. The third kappa shape index (κ3) is 3.20. The Bertz CT molecular complexity index is 936. The standard InChI is InChI=1S/C23H31F7O4S/c24-21(25)19(11-13-20(14-12-19,22(21,26)27)34-35(32,33)23(28,29)30)18-8-5-17(6-9-18,7-10-18)15-1-3-16(31)4-2-15/h15-16,31H,1-14H2. The lowest BCUT2D eigenvalue weighted by Gasteiger charge is -2.70. The summed E-state index contributed by atoms with van der Waals surface area (Å²) in [5.74, 6) is -9.39. The molecule has 0 aromatic heterocycles. The van der Waals surface area contributed by atoms with E-state index in [0.29, 0.717) is 57.3 Å². The molecule has 0 heterocycles. The summed E-state index contributed by atoms with van der Waals surface area (Å²) in [6.45, 7) is 0. The van der Waals surface area contributed by atoms with Gasteiger partial charge >= 0.3 is 27.5 Å². The Labute approximate surface area is 200 Å². The monoisotopic (exact) mass is 536 g/mol. The Balaban J connectivity index is 1.43. The van der Waals surface area contributed by atoms with E-state index >= 15 is 17.6 Å². The summed E-state index contributed by atoms with van der Waals surface area (Å²) >= 11 is 0. The molecule has 0 atom stereocenters. The van der Waals surface area contributed by atoms with Crippen molar-refractivity contribution in [2.75, 3.05) is 0 Å². The maximum absolute atomic E-state index is 15.8. The molecule has 0 amide bonds. The lowest BCUT2D eigenvalue weighted by atomic mass is 9.37. The summed E-state index contributed by atoms with van der Waals surface area (Å²) < 4.78 is 128. The molecule has 0 unspecified atom stereocenters. The number of fused-ring (bicyclic) bond motifs is 6. The number of aliphatic hydroxyl groups excluding tert-OH is 1. The van der Waals surface area contributed by atoms with E-state index in [1.54, 1.807) is 0 Å². The van der Waals surface area contributed by atoms with E-state index in [0.717, 1.165) is 12.8 Å². The quantitative estimate of drug-likeness (QED) is 0.259. The Morgan fingerprint density at radius 3 is 1.66 bits per heavy atom. The molecule has 0 aromatic carbocycles. The average Bonchev–Trinajstić information content (AvgIpc) is 2.79. The zero-order chi connectivity index (χ0) is 25.8. The number of hydrogen-bond acceptors (Lipinski definition) is 4. The first-order valence-corrected chi connectivity index (χ1v) is 13.9. The van der Waals surface area contributed by atoms with Gasteiger partial charge in [0.25, 0.3) is 0 Å². The van der Waals surface area contributed by atoms with Crippen LogP contribution in [0.2, 0.25) is 0 Å². The second kappa shape index (κ2) is 7.48. The molecule has 0 aromatic rings. The Morgan fingerprint density at radius 1 is 0.714 bits per heavy atom. The highest BCUT2D eigenvalue weighted by Gasteiger charge is 2.87. The van der Waals surface area contributed by atoms with E-state index in [4.69, 9.17) is 0 Å². The van der Waals surface area contributed by atoms with Crippen molar-refractivity contribution in [2.24, 2.45) is 22.2 Å². The number of aliphatic hydroxyl groups is 1. The van der Waals surface area contributed by atoms with Crippen LogP contribution in [0.25, 0.3) is 0 Å². The minimum Gasteiger partial charge on any atom is -0.393 e. The van der Waals surface area contributed by atoms with Gasteiger partial charge in [0.2, 0.25) is 0 Å². The fraction of sp³-hybridized carbons (Fsp3) is 1.00. The van der Waals surface area contributed by atoms with Crippen molar-refractivity contribution in [1.29, 1.82) is 0 Å². The van der Waals surface area contributed by atoms with Gasteiger partial charge in [0.15, 0.2) is 5.60 Å². The highest BCUT2D eigenvalue weighted by atomic mass is 32.2. The van der Waals surface area contributed by atoms with Crippen LogP contribution in [0.15, 0.2) is 0 Å². The molecule has 0 aliphatic heterocycles. The fourth-order valence-corrected chi connectivity index (χ4v) is 9.57. The van der Waals surface area contributed by atoms with Gasteiger partial charge in [0.1, 0.15) is 0 Å². The first kappa shape index (κ1) is 26.0. The second-order valence-corrected chi connectivity index (χ2v) is 13.4. The van der Waals surface area contributed by atoms with Crippen molar-refractivity contribution < 1.29 is 48.4 Å². The molecule has 0 saturated heterocycles. The van der Waals surface area contributed by atoms with E-state index in [-0.39, 0.29) is 11.5 Å². The first-order valence-electron chi connectivity index (χ1n) is 12.4. The van der Waals surface area contributed by atoms with E-state index in [9.17, 15) is 26.7 Å². The van der Waals surface area contributed by atoms with Crippen LogP contribution in [-0.4, -0.2) is 42.6 Å². The molecule has 4 nitrogen and oxygen atoms in total. The minimum atomic E-state index is -6.48. The van der Waals surface area contributed by atoms with Crippen molar-refractivity contribution in [1.82, 2.24) is 0 Å². The molecule has 0 radical (unpaired) electrons. The van der Waals surface area contributed by atoms with Gasteiger partial charge in [-0.2, -0.15) is 39.2 Å². The van der Waals surface area contributed by atoms with E-state index < -0.39 is 69.6 Å². The van der Waals surface area contributed by atoms with E-state index in [1.807, 2.05) is 0 Å². The number of alkyl halides is 7. The number of hydrogen-bond donors (Lipinski definition) is 1. The molecule has 7 rings (SSSR count). The van der Waals surface area contributed by atoms with Crippen LogP contribution in [0.1, 0.15) is 89.9 Å². The summed E-state index contributed by atoms with van der Waals surface area (Å²) in [5.41, 5.74) is -12.6. The van der Waals surface area contributed by atoms with Gasteiger partial charge in [-0.05, 0) is 107 Å². The van der Waals surface area contributed by atoms with Crippen molar-refractivity contribution in [3.63, 3.8) is 0 Å². The molecule has 4 bridgehead atoms. The van der Waals surface area contributed by atoms with Crippen LogP contribution < -0.4 is 0 Å². The van der Waals surface area contributed by atoms with Crippen molar-refractivity contribution in [3.8, 4) is 0 Å². The minimum absolute atomic E-state index is 0.0344. The third-order valence-corrected chi connectivity index (χ3v) is 12.0. The maximum atomic E-state index is 15.8. The highest BCUT2D eigenvalue weighted by Crippen LogP contribution is 2.78. The fourth-order valence-electron chi connectivity index (χ4n) is 8.78. The zero-order valence-corrected chi connectivity index (χ0v) is 20.1. The summed E-state index contributed by atoms with van der Waals surface area (Å²) in [6.07, 6.45) is 3.08. The molecule has 7 aliphatic rings. The molecule has 1 N–H and O–H groups in total. The second-order valence-electron chi connectivity index (χ2n) is 11.9. The van der Waals surface area contributed by atoms with E-state index in [2.05, 4.69) is 4.18 Å². The normalized spacial score (nSPS) is 47.1. The van der Waals surface area contributed by atoms with E-state index in [1.165, 1.54) is 0 Å². The average molecular weight is 537 g/mol. The van der Waals surface area contributed by atoms with Crippen LogP contribution in [0.3, 0.4) is 0 Å². The summed E-state index contributed by atoms with van der Waals surface area (Å²) in [6, 6.07) is 0. The SMILES string of the molecule is O=S(=O)(OC12CCC(C34CCC(C5CCC(O)CC5)(CC3)CC4)(CC1)C(F)(F)C2(F)F)C(F)(F)F. The van der Waals surface area contributed by atoms with Crippen LogP contribution in [0.4, 0.5) is 30.7 Å². The first-order chi connectivity index (χ1) is 16.0. The zero-order valence-electron chi connectivity index (χ0n) is 19.3. The lowest BCUT2D eigenvalue weighted by Crippen LogP contribution is -2.77. The number of halogens is 7. The summed E-state index contributed by atoms with van der Waals surface area (Å²) in [4.78, 5) is 0. The van der Waals surface area contributed by atoms with Gasteiger partial charge in [0, 0.05) is 5.41 Å². The Hall–Kier alpha value is -0.620. The van der Waals surface area contributed by atoms with Crippen LogP contribution in [-0.2, 0) is 14.3 Å². The topological polar surface area (TPSA) is 63.6 Å². The van der Waals surface area contributed by atoms with Gasteiger partial charge in [-0.25, -0.2) is 4.18 Å². The lowest BCUT2D eigenvalue weighted by molar-refractivity contribution is -0.404. The molecular weight excluding hydrogens is 505 g/mol. The molecular formula is C23H31F7O4S. The Morgan fingerprint density at radius 2 is 1.20 bits per heavy atom. The molecule has 202 valence electrons. The number of rotatable bonds is 4. The molecule has 7 saturated carbocycles. The largest absolute Gasteiger partial charge is 0.523 e. The molecule has 7 aliphatic carbocycles. The van der Waals surface area contributed by atoms with Gasteiger partial charge in [-0.3, -0.25) is 0 Å². The van der Waals surface area contributed by atoms with Crippen LogP contribution in [0.5, 0.6) is 0 Å².